The molecule has 0 unspecified atom stereocenters. The van der Waals surface area contributed by atoms with E-state index in [9.17, 15) is 4.79 Å². The molecule has 0 N–H and O–H groups in total. The van der Waals surface area contributed by atoms with Crippen molar-refractivity contribution in [1.82, 2.24) is 9.88 Å². The lowest BCUT2D eigenvalue weighted by atomic mass is 10.1. The Morgan fingerprint density at radius 2 is 2.17 bits per heavy atom. The highest BCUT2D eigenvalue weighted by Crippen LogP contribution is 2.36. The molecule has 146 valence electrons. The number of hydrogen-bond acceptors (Lipinski definition) is 4. The number of carbonyl (C=O) groups is 1. The molecule has 29 heavy (non-hydrogen) atoms. The number of amides is 1. The van der Waals surface area contributed by atoms with Crippen LogP contribution >= 0.6 is 22.9 Å². The largest absolute Gasteiger partial charge is 0.488 e. The minimum atomic E-state index is 0.0181. The van der Waals surface area contributed by atoms with Crippen molar-refractivity contribution >= 4 is 45.1 Å². The number of ether oxygens (including phenoxy) is 1. The zero-order chi connectivity index (χ0) is 19.8. The first-order valence-corrected chi connectivity index (χ1v) is 10.8. The van der Waals surface area contributed by atoms with Crippen molar-refractivity contribution in [3.63, 3.8) is 0 Å². The third kappa shape index (κ3) is 3.68. The summed E-state index contributed by atoms with van der Waals surface area (Å²) >= 11 is 7.76. The van der Waals surface area contributed by atoms with Crippen LogP contribution in [0.15, 0.2) is 60.2 Å². The second-order valence-electron chi connectivity index (χ2n) is 7.23. The second kappa shape index (κ2) is 7.65. The molecule has 3 heterocycles. The molecule has 1 aromatic heterocycles. The molecule has 6 heteroatoms. The number of hydrogen-bond donors (Lipinski definition) is 0. The number of para-hydroxylation sites is 1. The van der Waals surface area contributed by atoms with Gasteiger partial charge < -0.3 is 9.64 Å². The normalized spacial score (nSPS) is 18.7. The van der Waals surface area contributed by atoms with Crippen molar-refractivity contribution in [3.05, 3.63) is 75.8 Å². The van der Waals surface area contributed by atoms with E-state index in [-0.39, 0.29) is 11.9 Å². The first-order valence-electron chi connectivity index (χ1n) is 9.64. The standard InChI is InChI=1S/C23H19ClN2O2S/c24-17-8-9-20-16(13-17)12-15(14-28-20)7-10-22(27)26-11-3-5-19(26)23-25-18-4-1-2-6-21(18)29-23/h1-2,4,6-10,12-13,19H,3,5,11,14H2/b10-7+/t19-/m0/s1. The van der Waals surface area contributed by atoms with Gasteiger partial charge in [0.1, 0.15) is 17.4 Å². The zero-order valence-electron chi connectivity index (χ0n) is 15.7. The fraction of sp³-hybridized carbons (Fsp3) is 0.217. The number of thiazole rings is 1. The average molecular weight is 423 g/mol. The summed E-state index contributed by atoms with van der Waals surface area (Å²) in [5.74, 6) is 0.831. The summed E-state index contributed by atoms with van der Waals surface area (Å²) in [6.07, 6.45) is 7.47. The molecular weight excluding hydrogens is 404 g/mol. The Labute approximate surface area is 178 Å². The van der Waals surface area contributed by atoms with Crippen molar-refractivity contribution < 1.29 is 9.53 Å². The van der Waals surface area contributed by atoms with Crippen molar-refractivity contribution in [3.8, 4) is 5.75 Å². The molecular formula is C23H19ClN2O2S. The first kappa shape index (κ1) is 18.4. The van der Waals surface area contributed by atoms with Gasteiger partial charge in [0.15, 0.2) is 0 Å². The maximum absolute atomic E-state index is 12.9. The summed E-state index contributed by atoms with van der Waals surface area (Å²) in [6, 6.07) is 13.7. The highest BCUT2D eigenvalue weighted by Gasteiger charge is 2.31. The van der Waals surface area contributed by atoms with E-state index >= 15 is 0 Å². The molecule has 5 rings (SSSR count). The number of likely N-dealkylation sites (tertiary alicyclic amines) is 1. The fourth-order valence-electron chi connectivity index (χ4n) is 3.86. The van der Waals surface area contributed by atoms with Crippen molar-refractivity contribution in [2.24, 2.45) is 0 Å². The summed E-state index contributed by atoms with van der Waals surface area (Å²) in [6.45, 7) is 1.21. The lowest BCUT2D eigenvalue weighted by molar-refractivity contribution is -0.126. The average Bonchev–Trinajstić information content (AvgIpc) is 3.38. The predicted molar refractivity (Wildman–Crippen MR) is 117 cm³/mol. The molecule has 1 saturated heterocycles. The molecule has 2 aliphatic heterocycles. The number of carbonyl (C=O) groups excluding carboxylic acids is 1. The minimum absolute atomic E-state index is 0.0181. The third-order valence-corrected chi connectivity index (χ3v) is 6.65. The van der Waals surface area contributed by atoms with Crippen molar-refractivity contribution in [2.45, 2.75) is 18.9 Å². The van der Waals surface area contributed by atoms with E-state index < -0.39 is 0 Å². The highest BCUT2D eigenvalue weighted by atomic mass is 35.5. The third-order valence-electron chi connectivity index (χ3n) is 5.28. The number of halogens is 1. The van der Waals surface area contributed by atoms with Crippen LogP contribution in [0.25, 0.3) is 16.3 Å². The van der Waals surface area contributed by atoms with Crippen LogP contribution in [0.5, 0.6) is 5.75 Å². The fourth-order valence-corrected chi connectivity index (χ4v) is 5.15. The van der Waals surface area contributed by atoms with Gasteiger partial charge in [-0.2, -0.15) is 0 Å². The molecule has 1 atom stereocenters. The van der Waals surface area contributed by atoms with Gasteiger partial charge >= 0.3 is 0 Å². The number of benzene rings is 2. The van der Waals surface area contributed by atoms with Crippen LogP contribution in [0.2, 0.25) is 5.02 Å². The van der Waals surface area contributed by atoms with Crippen LogP contribution in [0.4, 0.5) is 0 Å². The molecule has 4 nitrogen and oxygen atoms in total. The van der Waals surface area contributed by atoms with E-state index in [1.165, 1.54) is 4.70 Å². The van der Waals surface area contributed by atoms with Gasteiger partial charge in [-0.3, -0.25) is 4.79 Å². The maximum Gasteiger partial charge on any atom is 0.247 e. The van der Waals surface area contributed by atoms with Gasteiger partial charge in [-0.25, -0.2) is 4.98 Å². The van der Waals surface area contributed by atoms with Gasteiger partial charge in [0.2, 0.25) is 5.91 Å². The summed E-state index contributed by atoms with van der Waals surface area (Å²) in [4.78, 5) is 19.6. The van der Waals surface area contributed by atoms with E-state index in [0.29, 0.717) is 11.6 Å². The smallest absolute Gasteiger partial charge is 0.247 e. The van der Waals surface area contributed by atoms with Gasteiger partial charge in [0, 0.05) is 23.2 Å². The Balaban J connectivity index is 1.34. The van der Waals surface area contributed by atoms with Crippen LogP contribution in [0.3, 0.4) is 0 Å². The van der Waals surface area contributed by atoms with Gasteiger partial charge in [-0.15, -0.1) is 11.3 Å². The maximum atomic E-state index is 12.9. The molecule has 0 spiro atoms. The minimum Gasteiger partial charge on any atom is -0.488 e. The van der Waals surface area contributed by atoms with Gasteiger partial charge in [0.25, 0.3) is 0 Å². The van der Waals surface area contributed by atoms with E-state index in [4.69, 9.17) is 21.3 Å². The summed E-state index contributed by atoms with van der Waals surface area (Å²) in [7, 11) is 0. The number of rotatable bonds is 3. The van der Waals surface area contributed by atoms with Gasteiger partial charge in [0.05, 0.1) is 16.3 Å². The molecule has 1 amide bonds. The predicted octanol–water partition coefficient (Wildman–Crippen LogP) is 5.65. The number of fused-ring (bicyclic) bond motifs is 2. The molecule has 0 aliphatic carbocycles. The van der Waals surface area contributed by atoms with E-state index in [2.05, 4.69) is 6.07 Å². The molecule has 2 aliphatic rings. The first-order chi connectivity index (χ1) is 14.2. The Hall–Kier alpha value is -2.63. The second-order valence-corrected chi connectivity index (χ2v) is 8.73. The number of aromatic nitrogens is 1. The van der Waals surface area contributed by atoms with Crippen LogP contribution in [0, 0.1) is 0 Å². The molecule has 3 aromatic rings. The lowest BCUT2D eigenvalue weighted by Crippen LogP contribution is -2.28. The van der Waals surface area contributed by atoms with Gasteiger partial charge in [-0.05, 0) is 54.8 Å². The topological polar surface area (TPSA) is 42.4 Å². The molecule has 0 saturated carbocycles. The zero-order valence-corrected chi connectivity index (χ0v) is 17.2. The van der Waals surface area contributed by atoms with Crippen LogP contribution in [-0.4, -0.2) is 28.9 Å². The molecule has 2 aromatic carbocycles. The summed E-state index contributed by atoms with van der Waals surface area (Å²) < 4.78 is 6.93. The van der Waals surface area contributed by atoms with Crippen molar-refractivity contribution in [2.75, 3.05) is 13.2 Å². The molecule has 0 radical (unpaired) electrons. The lowest BCUT2D eigenvalue weighted by Gasteiger charge is -2.21. The molecule has 0 bridgehead atoms. The highest BCUT2D eigenvalue weighted by molar-refractivity contribution is 7.18. The SMILES string of the molecule is O=C(/C=C/C1=Cc2cc(Cl)ccc2OC1)N1CCC[C@H]1c1nc2ccccc2s1. The van der Waals surface area contributed by atoms with Gasteiger partial charge in [-0.1, -0.05) is 29.8 Å². The Bertz CT molecular complexity index is 1120. The quantitative estimate of drug-likeness (QED) is 0.512. The Kier molecular flexibility index (Phi) is 4.86. The Morgan fingerprint density at radius 3 is 3.07 bits per heavy atom. The summed E-state index contributed by atoms with van der Waals surface area (Å²) in [5, 5.41) is 1.69. The molecule has 1 fully saturated rings. The van der Waals surface area contributed by atoms with E-state index in [1.807, 2.05) is 53.5 Å². The van der Waals surface area contributed by atoms with Crippen LogP contribution in [-0.2, 0) is 4.79 Å². The van der Waals surface area contributed by atoms with Crippen molar-refractivity contribution in [1.29, 1.82) is 0 Å². The Morgan fingerprint density at radius 1 is 1.28 bits per heavy atom. The van der Waals surface area contributed by atoms with E-state index in [0.717, 1.165) is 46.8 Å². The number of nitrogens with zero attached hydrogens (tertiary/aromatic N) is 2. The van der Waals surface area contributed by atoms with Crippen LogP contribution < -0.4 is 4.74 Å². The monoisotopic (exact) mass is 422 g/mol. The van der Waals surface area contributed by atoms with E-state index in [1.54, 1.807) is 17.4 Å². The van der Waals surface area contributed by atoms with Crippen LogP contribution in [0.1, 0.15) is 29.5 Å². The summed E-state index contributed by atoms with van der Waals surface area (Å²) in [5.41, 5.74) is 2.89.